The van der Waals surface area contributed by atoms with E-state index in [1.54, 1.807) is 65.8 Å². The Morgan fingerprint density at radius 3 is 1.17 bits per heavy atom. The molecule has 8 aromatic carbocycles. The van der Waals surface area contributed by atoms with E-state index >= 15 is 0 Å². The van der Waals surface area contributed by atoms with Crippen LogP contribution in [0.4, 0.5) is 17.6 Å². The zero-order valence-corrected chi connectivity index (χ0v) is 58.9. The maximum Gasteiger partial charge on any atom is 0.306 e. The van der Waals surface area contributed by atoms with Crippen LogP contribution in [0.5, 0.6) is 0 Å². The highest BCUT2D eigenvalue weighted by Crippen LogP contribution is 2.28. The van der Waals surface area contributed by atoms with Crippen molar-refractivity contribution in [2.24, 2.45) is 0 Å². The van der Waals surface area contributed by atoms with Crippen molar-refractivity contribution in [2.75, 3.05) is 13.2 Å². The van der Waals surface area contributed by atoms with Crippen LogP contribution in [0.2, 0.25) is 0 Å². The minimum Gasteiger partial charge on any atom is -0.460 e. The van der Waals surface area contributed by atoms with Crippen LogP contribution < -0.4 is 21.8 Å². The van der Waals surface area contributed by atoms with Crippen LogP contribution in [0.3, 0.4) is 0 Å². The number of aliphatic hydroxyl groups excluding tert-OH is 1. The van der Waals surface area contributed by atoms with Crippen LogP contribution in [-0.4, -0.2) is 111 Å². The van der Waals surface area contributed by atoms with E-state index in [1.165, 1.54) is 167 Å². The highest BCUT2D eigenvalue weighted by Gasteiger charge is 2.38. The van der Waals surface area contributed by atoms with E-state index in [-0.39, 0.29) is 104 Å². The first kappa shape index (κ1) is 77.4. The number of amides is 6. The molecule has 107 heavy (non-hydrogen) atoms. The molecule has 0 aliphatic carbocycles. The number of aromatic nitrogens is 4. The number of halogens is 4. The molecular formula is C80H74F4N8O15. The van der Waals surface area contributed by atoms with Crippen LogP contribution >= 0.6 is 0 Å². The number of ether oxygens (including phenoxy) is 2. The van der Waals surface area contributed by atoms with Gasteiger partial charge in [-0.3, -0.25) is 67.1 Å². The van der Waals surface area contributed by atoms with Gasteiger partial charge in [0, 0.05) is 36.8 Å². The highest BCUT2D eigenvalue weighted by atomic mass is 19.1. The number of hydrogen-bond acceptors (Lipinski definition) is 17. The molecule has 0 radical (unpaired) electrons. The summed E-state index contributed by atoms with van der Waals surface area (Å²) < 4.78 is 68.2. The van der Waals surface area contributed by atoms with Crippen molar-refractivity contribution in [3.63, 3.8) is 0 Å². The summed E-state index contributed by atoms with van der Waals surface area (Å²) in [5.74, 6) is -5.52. The Labute approximate surface area is 609 Å². The Bertz CT molecular complexity index is 5090. The van der Waals surface area contributed by atoms with E-state index in [0.717, 1.165) is 0 Å². The molecule has 6 amide bonds. The van der Waals surface area contributed by atoms with Crippen molar-refractivity contribution in [1.29, 1.82) is 0 Å². The van der Waals surface area contributed by atoms with Gasteiger partial charge < -0.3 is 25.2 Å². The predicted octanol–water partition coefficient (Wildman–Crippen LogP) is 12.3. The van der Waals surface area contributed by atoms with E-state index in [0.29, 0.717) is 71.3 Å². The monoisotopic (exact) mass is 1460 g/mol. The van der Waals surface area contributed by atoms with Crippen LogP contribution in [0, 0.1) is 23.3 Å². The minimum absolute atomic E-state index is 0.130. The van der Waals surface area contributed by atoms with Crippen LogP contribution in [0.25, 0.3) is 33.2 Å². The summed E-state index contributed by atoms with van der Waals surface area (Å²) in [4.78, 5) is 142. The Morgan fingerprint density at radius 1 is 0.458 bits per heavy atom. The van der Waals surface area contributed by atoms with Gasteiger partial charge in [-0.2, -0.15) is 0 Å². The summed E-state index contributed by atoms with van der Waals surface area (Å²) >= 11 is 0. The third kappa shape index (κ3) is 19.2. The zero-order valence-electron chi connectivity index (χ0n) is 58.9. The quantitative estimate of drug-likeness (QED) is 0.0161. The van der Waals surface area contributed by atoms with Gasteiger partial charge in [0.05, 0.1) is 74.1 Å². The molecule has 4 heterocycles. The second-order valence-electron chi connectivity index (χ2n) is 26.9. The average molecular weight is 1460 g/mol. The zero-order chi connectivity index (χ0) is 77.0. The summed E-state index contributed by atoms with van der Waals surface area (Å²) in [6, 6.07) is 41.3. The second-order valence-corrected chi connectivity index (χ2v) is 26.9. The highest BCUT2D eigenvalue weighted by molar-refractivity contribution is 6.21. The SMILES string of the molecule is CC(C)(C)OC(=O)CCCCc1nc2cc(C(=O)N[C@@H](CO)c3ccc(F)cc3)ccc2c(=O)n1-c1ccc(F)cc1.CC(C)(C)OC(=O)CCCCc1nc2cc(C(=O)N[C@@H](CON3C(=O)c4ccccc4C3=O)c3ccc(F)cc3)ccc2c(=O)n1-c1ccc(F)cc1.O=C1c2ccccc2C(=O)N1O. The molecular weight excluding hydrogens is 1390 g/mol. The largest absolute Gasteiger partial charge is 0.460 e. The van der Waals surface area contributed by atoms with Crippen LogP contribution in [-0.2, 0) is 36.7 Å². The van der Waals surface area contributed by atoms with Gasteiger partial charge >= 0.3 is 11.9 Å². The lowest BCUT2D eigenvalue weighted by molar-refractivity contribution is -0.156. The minimum atomic E-state index is -0.942. The van der Waals surface area contributed by atoms with Gasteiger partial charge in [-0.1, -0.05) is 48.5 Å². The number of unbranched alkanes of at least 4 members (excludes halogenated alkanes) is 2. The Hall–Kier alpha value is -12.2. The first-order valence-corrected chi connectivity index (χ1v) is 34.0. The number of esters is 2. The Morgan fingerprint density at radius 2 is 0.804 bits per heavy atom. The lowest BCUT2D eigenvalue weighted by Crippen LogP contribution is -2.37. The van der Waals surface area contributed by atoms with Gasteiger partial charge in [-0.25, -0.2) is 27.5 Å². The molecule has 2 aliphatic rings. The standard InChI is InChI=1S/C40H36F2N4O7.C32H33F2N3O5.C8H5NO3/c1-40(2,3)53-35(47)11-7-6-10-34-43-32-22-25(14-21-31(32)37(49)45(34)28-19-17-27(42)18-20-28)36(48)44-33(24-12-15-26(41)16-13-24)23-52-46-38(50)29-8-4-5-9-30(29)39(46)51;1-32(2,3)42-29(39)7-5-4-6-28-35-26-18-21(30(40)36-27(19-38)20-8-11-22(33)12-9-20)10-17-25(26)31(41)37(28)24-15-13-23(34)14-16-24;10-7-5-3-1-2-4-6(5)8(11)9(7)12/h4-5,8-9,12-22,33H,6-7,10-11,23H2,1-3H3,(H,44,48);8-18,27,38H,4-7,19H2,1-3H3,(H,36,40);1-4,12H/t33-;27-;/m00./s1. The number of imide groups is 2. The molecule has 10 aromatic rings. The number of fused-ring (bicyclic) bond motifs is 4. The van der Waals surface area contributed by atoms with Crippen LogP contribution in [0.1, 0.15) is 177 Å². The number of nitrogens with zero attached hydrogens (tertiary/aromatic N) is 6. The van der Waals surface area contributed by atoms with E-state index in [2.05, 4.69) is 10.6 Å². The molecule has 12 rings (SSSR count). The Balaban J connectivity index is 0.000000201. The topological polar surface area (TPSA) is 305 Å². The van der Waals surface area contributed by atoms with Crippen molar-refractivity contribution >= 4 is 69.2 Å². The Kier molecular flexibility index (Phi) is 24.4. The van der Waals surface area contributed by atoms with E-state index in [4.69, 9.17) is 29.5 Å². The molecule has 27 heteroatoms. The number of rotatable bonds is 22. The van der Waals surface area contributed by atoms with E-state index in [9.17, 15) is 70.6 Å². The third-order valence-electron chi connectivity index (χ3n) is 16.7. The number of nitrogens with one attached hydrogen (secondary N) is 2. The maximum absolute atomic E-state index is 13.9. The lowest BCUT2D eigenvalue weighted by atomic mass is 10.1. The maximum atomic E-state index is 13.9. The van der Waals surface area contributed by atoms with Gasteiger partial charge in [0.2, 0.25) is 0 Å². The first-order chi connectivity index (χ1) is 50.9. The normalized spacial score (nSPS) is 13.1. The van der Waals surface area contributed by atoms with Gasteiger partial charge in [-0.15, -0.1) is 10.1 Å². The molecule has 0 unspecified atom stereocenters. The number of aliphatic hydroxyl groups is 1. The molecule has 2 aromatic heterocycles. The van der Waals surface area contributed by atoms with Gasteiger partial charge in [0.25, 0.3) is 46.6 Å². The molecule has 552 valence electrons. The molecule has 0 bridgehead atoms. The summed E-state index contributed by atoms with van der Waals surface area (Å²) in [7, 11) is 0. The molecule has 4 N–H and O–H groups in total. The van der Waals surface area contributed by atoms with E-state index < -0.39 is 94.2 Å². The second kappa shape index (κ2) is 33.7. The van der Waals surface area contributed by atoms with Crippen molar-refractivity contribution in [2.45, 2.75) is 116 Å². The average Bonchev–Trinajstić information content (AvgIpc) is 1.50. The van der Waals surface area contributed by atoms with Crippen molar-refractivity contribution in [3.05, 3.63) is 282 Å². The third-order valence-corrected chi connectivity index (χ3v) is 16.7. The number of carbonyl (C=O) groups is 8. The molecule has 23 nitrogen and oxygen atoms in total. The number of aryl methyl sites for hydroxylation is 2. The summed E-state index contributed by atoms with van der Waals surface area (Å²) in [5, 5.41) is 25.5. The van der Waals surface area contributed by atoms with E-state index in [1.807, 2.05) is 0 Å². The smallest absolute Gasteiger partial charge is 0.306 e. The first-order valence-electron chi connectivity index (χ1n) is 34.0. The van der Waals surface area contributed by atoms with Crippen molar-refractivity contribution < 1.29 is 80.5 Å². The van der Waals surface area contributed by atoms with Crippen LogP contribution in [0.15, 0.2) is 192 Å². The van der Waals surface area contributed by atoms with Gasteiger partial charge in [0.15, 0.2) is 0 Å². The number of carbonyl (C=O) groups excluding carboxylic acids is 8. The van der Waals surface area contributed by atoms with Crippen molar-refractivity contribution in [3.8, 4) is 11.4 Å². The summed E-state index contributed by atoms with van der Waals surface area (Å²) in [5.41, 5.74) is 1.51. The fourth-order valence-corrected chi connectivity index (χ4v) is 11.6. The number of hydroxylamine groups is 4. The molecule has 2 atom stereocenters. The number of hydrogen-bond donors (Lipinski definition) is 4. The predicted molar refractivity (Wildman–Crippen MR) is 383 cm³/mol. The lowest BCUT2D eigenvalue weighted by Gasteiger charge is -2.22. The fourth-order valence-electron chi connectivity index (χ4n) is 11.6. The molecule has 0 saturated carbocycles. The fraction of sp³-hybridized carbons (Fsp3) is 0.250. The molecule has 0 saturated heterocycles. The van der Waals surface area contributed by atoms with Gasteiger partial charge in [0.1, 0.15) is 52.7 Å². The number of benzene rings is 8. The summed E-state index contributed by atoms with van der Waals surface area (Å²) in [6.45, 7) is 9.99. The molecule has 0 fully saturated rings. The molecule has 2 aliphatic heterocycles. The summed E-state index contributed by atoms with van der Waals surface area (Å²) in [6.07, 6.45) is 2.95. The van der Waals surface area contributed by atoms with Crippen molar-refractivity contribution in [1.82, 2.24) is 39.9 Å². The molecule has 0 spiro atoms. The van der Waals surface area contributed by atoms with Gasteiger partial charge in [-0.05, 0) is 212 Å².